The van der Waals surface area contributed by atoms with Crippen molar-refractivity contribution in [1.82, 2.24) is 4.90 Å². The first-order valence-electron chi connectivity index (χ1n) is 8.69. The summed E-state index contributed by atoms with van der Waals surface area (Å²) in [5, 5.41) is 13.0. The van der Waals surface area contributed by atoms with Crippen molar-refractivity contribution >= 4 is 11.7 Å². The summed E-state index contributed by atoms with van der Waals surface area (Å²) in [6.07, 6.45) is 4.91. The Bertz CT molecular complexity index is 690. The number of furan rings is 1. The van der Waals surface area contributed by atoms with Gasteiger partial charge < -0.3 is 19.7 Å². The lowest BCUT2D eigenvalue weighted by Crippen LogP contribution is -2.43. The predicted molar refractivity (Wildman–Crippen MR) is 92.7 cm³/mol. The van der Waals surface area contributed by atoms with Crippen LogP contribution in [0.1, 0.15) is 44.0 Å². The minimum atomic E-state index is -0.762. The third-order valence-corrected chi connectivity index (χ3v) is 4.62. The van der Waals surface area contributed by atoms with E-state index < -0.39 is 11.9 Å². The number of halogens is 1. The first kappa shape index (κ1) is 17.5. The molecule has 1 aromatic heterocycles. The van der Waals surface area contributed by atoms with Gasteiger partial charge in [-0.15, -0.1) is 0 Å². The van der Waals surface area contributed by atoms with E-state index in [2.05, 4.69) is 5.32 Å². The Morgan fingerprint density at radius 2 is 2.12 bits per heavy atom. The van der Waals surface area contributed by atoms with Gasteiger partial charge in [0.25, 0.3) is 0 Å². The van der Waals surface area contributed by atoms with Crippen LogP contribution in [0.15, 0.2) is 47.1 Å². The van der Waals surface area contributed by atoms with E-state index in [0.29, 0.717) is 18.7 Å². The molecule has 0 radical (unpaired) electrons. The highest BCUT2D eigenvalue weighted by molar-refractivity contribution is 5.89. The third-order valence-electron chi connectivity index (χ3n) is 4.62. The Labute approximate surface area is 146 Å². The molecule has 25 heavy (non-hydrogen) atoms. The second kappa shape index (κ2) is 8.16. The lowest BCUT2D eigenvalue weighted by atomic mass is 10.0. The van der Waals surface area contributed by atoms with E-state index >= 15 is 0 Å². The molecule has 1 aliphatic rings. The van der Waals surface area contributed by atoms with Gasteiger partial charge in [-0.2, -0.15) is 0 Å². The summed E-state index contributed by atoms with van der Waals surface area (Å²) in [6.45, 7) is 0.593. The van der Waals surface area contributed by atoms with E-state index in [1.807, 2.05) is 0 Å². The average molecular weight is 346 g/mol. The van der Waals surface area contributed by atoms with E-state index in [9.17, 15) is 14.3 Å². The summed E-state index contributed by atoms with van der Waals surface area (Å²) in [6, 6.07) is 9.13. The van der Waals surface area contributed by atoms with Gasteiger partial charge in [-0.1, -0.05) is 25.0 Å². The molecular formula is C19H23FN2O3. The Morgan fingerprint density at radius 3 is 2.88 bits per heavy atom. The van der Waals surface area contributed by atoms with Crippen LogP contribution in [0.5, 0.6) is 0 Å². The molecule has 2 amide bonds. The van der Waals surface area contributed by atoms with Crippen LogP contribution in [0.3, 0.4) is 0 Å². The molecule has 1 saturated heterocycles. The number of aliphatic hydroxyl groups excluding tert-OH is 1. The van der Waals surface area contributed by atoms with Crippen molar-refractivity contribution in [2.45, 2.75) is 44.2 Å². The van der Waals surface area contributed by atoms with E-state index in [0.717, 1.165) is 25.7 Å². The van der Waals surface area contributed by atoms with Crippen LogP contribution in [0.25, 0.3) is 0 Å². The number of benzene rings is 1. The van der Waals surface area contributed by atoms with Gasteiger partial charge >= 0.3 is 6.03 Å². The number of amides is 2. The number of carbonyl (C=O) groups is 1. The molecule has 2 aromatic rings. The quantitative estimate of drug-likeness (QED) is 0.866. The first-order chi connectivity index (χ1) is 12.1. The molecule has 5 nitrogen and oxygen atoms in total. The number of nitrogens with zero attached hydrogens (tertiary/aromatic N) is 1. The fourth-order valence-electron chi connectivity index (χ4n) is 3.29. The maximum Gasteiger partial charge on any atom is 0.322 e. The number of aliphatic hydroxyl groups is 1. The van der Waals surface area contributed by atoms with Gasteiger partial charge in [0.05, 0.1) is 12.0 Å². The first-order valence-corrected chi connectivity index (χ1v) is 8.69. The number of likely N-dealkylation sites (tertiary alicyclic amines) is 1. The van der Waals surface area contributed by atoms with Crippen LogP contribution in [0.2, 0.25) is 0 Å². The van der Waals surface area contributed by atoms with Gasteiger partial charge in [-0.05, 0) is 37.1 Å². The molecule has 1 fully saturated rings. The summed E-state index contributed by atoms with van der Waals surface area (Å²) in [5.74, 6) is 0.0385. The third kappa shape index (κ3) is 4.39. The fourth-order valence-corrected chi connectivity index (χ4v) is 3.29. The molecule has 6 heteroatoms. The number of nitrogens with one attached hydrogen (secondary N) is 1. The SMILES string of the molecule is O=C(Nc1ccccc1F)N1CCCCCC1CC(O)c1ccco1. The Balaban J connectivity index is 1.71. The minimum Gasteiger partial charge on any atom is -0.467 e. The molecule has 3 rings (SSSR count). The van der Waals surface area contributed by atoms with Gasteiger partial charge in [-0.25, -0.2) is 9.18 Å². The van der Waals surface area contributed by atoms with Crippen molar-refractivity contribution in [3.8, 4) is 0 Å². The molecule has 1 aromatic carbocycles. The molecule has 0 bridgehead atoms. The maximum absolute atomic E-state index is 13.8. The standard InChI is InChI=1S/C19H23FN2O3/c20-15-8-3-4-9-16(15)21-19(24)22-11-5-1-2-7-14(22)13-17(23)18-10-6-12-25-18/h3-4,6,8-10,12,14,17,23H,1-2,5,7,11,13H2,(H,21,24). The molecule has 2 heterocycles. The van der Waals surface area contributed by atoms with Crippen LogP contribution < -0.4 is 5.32 Å². The summed E-state index contributed by atoms with van der Waals surface area (Å²) in [5.41, 5.74) is 0.169. The minimum absolute atomic E-state index is 0.116. The Kier molecular flexibility index (Phi) is 5.71. The van der Waals surface area contributed by atoms with E-state index in [-0.39, 0.29) is 17.8 Å². The fraction of sp³-hybridized carbons (Fsp3) is 0.421. The monoisotopic (exact) mass is 346 g/mol. The number of hydrogen-bond acceptors (Lipinski definition) is 3. The largest absolute Gasteiger partial charge is 0.467 e. The second-order valence-electron chi connectivity index (χ2n) is 6.37. The molecular weight excluding hydrogens is 323 g/mol. The van der Waals surface area contributed by atoms with Gasteiger partial charge in [0.15, 0.2) is 0 Å². The number of hydrogen-bond donors (Lipinski definition) is 2. The van der Waals surface area contributed by atoms with Crippen molar-refractivity contribution < 1.29 is 18.7 Å². The summed E-state index contributed by atoms with van der Waals surface area (Å²) < 4.78 is 19.1. The second-order valence-corrected chi connectivity index (χ2v) is 6.37. The molecule has 2 unspecified atom stereocenters. The number of urea groups is 1. The zero-order valence-corrected chi connectivity index (χ0v) is 14.0. The van der Waals surface area contributed by atoms with E-state index in [1.165, 1.54) is 18.4 Å². The highest BCUT2D eigenvalue weighted by Crippen LogP contribution is 2.27. The summed E-state index contributed by atoms with van der Waals surface area (Å²) in [4.78, 5) is 14.4. The van der Waals surface area contributed by atoms with Crippen LogP contribution in [0, 0.1) is 5.82 Å². The van der Waals surface area contributed by atoms with Crippen LogP contribution in [-0.2, 0) is 0 Å². The van der Waals surface area contributed by atoms with E-state index in [1.54, 1.807) is 29.2 Å². The summed E-state index contributed by atoms with van der Waals surface area (Å²) >= 11 is 0. The van der Waals surface area contributed by atoms with Gasteiger partial charge in [0, 0.05) is 19.0 Å². The van der Waals surface area contributed by atoms with Crippen LogP contribution >= 0.6 is 0 Å². The number of rotatable bonds is 4. The molecule has 0 aliphatic carbocycles. The predicted octanol–water partition coefficient (Wildman–Crippen LogP) is 4.32. The maximum atomic E-state index is 13.8. The number of carbonyl (C=O) groups excluding carboxylic acids is 1. The highest BCUT2D eigenvalue weighted by Gasteiger charge is 2.29. The van der Waals surface area contributed by atoms with Crippen molar-refractivity contribution in [3.05, 3.63) is 54.2 Å². The molecule has 1 aliphatic heterocycles. The van der Waals surface area contributed by atoms with E-state index in [4.69, 9.17) is 4.42 Å². The van der Waals surface area contributed by atoms with Crippen molar-refractivity contribution in [1.29, 1.82) is 0 Å². The average Bonchev–Trinajstić information content (AvgIpc) is 3.04. The van der Waals surface area contributed by atoms with Gasteiger partial charge in [0.1, 0.15) is 17.7 Å². The van der Waals surface area contributed by atoms with Crippen molar-refractivity contribution in [2.24, 2.45) is 0 Å². The number of anilines is 1. The zero-order valence-electron chi connectivity index (χ0n) is 14.0. The molecule has 2 N–H and O–H groups in total. The Morgan fingerprint density at radius 1 is 1.28 bits per heavy atom. The zero-order chi connectivity index (χ0) is 17.6. The van der Waals surface area contributed by atoms with Gasteiger partial charge in [-0.3, -0.25) is 0 Å². The van der Waals surface area contributed by atoms with Crippen molar-refractivity contribution in [2.75, 3.05) is 11.9 Å². The lowest BCUT2D eigenvalue weighted by Gasteiger charge is -2.31. The number of para-hydroxylation sites is 1. The van der Waals surface area contributed by atoms with Crippen LogP contribution in [-0.4, -0.2) is 28.6 Å². The molecule has 134 valence electrons. The molecule has 0 saturated carbocycles. The molecule has 2 atom stereocenters. The van der Waals surface area contributed by atoms with Gasteiger partial charge in [0.2, 0.25) is 0 Å². The lowest BCUT2D eigenvalue weighted by molar-refractivity contribution is 0.0987. The normalized spacial score (nSPS) is 19.3. The smallest absolute Gasteiger partial charge is 0.322 e. The topological polar surface area (TPSA) is 65.7 Å². The Hall–Kier alpha value is -2.34. The van der Waals surface area contributed by atoms with Crippen molar-refractivity contribution in [3.63, 3.8) is 0 Å². The van der Waals surface area contributed by atoms with Crippen LogP contribution in [0.4, 0.5) is 14.9 Å². The summed E-state index contributed by atoms with van der Waals surface area (Å²) in [7, 11) is 0. The molecule has 0 spiro atoms. The highest BCUT2D eigenvalue weighted by atomic mass is 19.1.